The van der Waals surface area contributed by atoms with Crippen molar-refractivity contribution < 1.29 is 0 Å². The maximum Gasteiger partial charge on any atom is 0.0978 e. The van der Waals surface area contributed by atoms with Crippen LogP contribution in [0.2, 0.25) is 0 Å². The number of fused-ring (bicyclic) bond motifs is 10. The minimum Gasteiger partial charge on any atom is -0.256 e. The van der Waals surface area contributed by atoms with E-state index >= 15 is 0 Å². The number of benzene rings is 15. The number of hydrogen-bond acceptors (Lipinski definition) is 9. The molecule has 0 amide bonds. The summed E-state index contributed by atoms with van der Waals surface area (Å²) in [5.74, 6) is 0. The smallest absolute Gasteiger partial charge is 0.0978 e. The molecule has 0 saturated heterocycles. The van der Waals surface area contributed by atoms with Gasteiger partial charge in [0.05, 0.1) is 78.7 Å². The number of nitrogens with zero attached hydrogens (tertiary/aromatic N) is 9. The lowest BCUT2D eigenvalue weighted by atomic mass is 9.93. The number of aromatic nitrogens is 9. The Labute approximate surface area is 739 Å². The van der Waals surface area contributed by atoms with Crippen LogP contribution in [0.3, 0.4) is 0 Å². The van der Waals surface area contributed by atoms with E-state index in [1.165, 1.54) is 16.7 Å². The Morgan fingerprint density at radius 3 is 1.00 bits per heavy atom. The second kappa shape index (κ2) is 32.8. The Balaban J connectivity index is 0.000000148. The Morgan fingerprint density at radius 2 is 0.484 bits per heavy atom. The van der Waals surface area contributed by atoms with Crippen molar-refractivity contribution in [1.29, 1.82) is 0 Å². The lowest BCUT2D eigenvalue weighted by molar-refractivity contribution is 1.25. The quantitative estimate of drug-likeness (QED) is 0.0775. The molecule has 9 aromatic heterocycles. The minimum atomic E-state index is 0.813. The van der Waals surface area contributed by atoms with Gasteiger partial charge in [0.15, 0.2) is 0 Å². The number of para-hydroxylation sites is 2. The molecular weight excluding hydrogens is 1560 g/mol. The Hall–Kier alpha value is -17.3. The van der Waals surface area contributed by atoms with Crippen LogP contribution in [-0.4, -0.2) is 44.9 Å². The Morgan fingerprint density at radius 1 is 0.133 bits per heavy atom. The predicted octanol–water partition coefficient (Wildman–Crippen LogP) is 30.5. The van der Waals surface area contributed by atoms with E-state index < -0.39 is 0 Å². The molecule has 0 aliphatic heterocycles. The van der Waals surface area contributed by atoms with Crippen molar-refractivity contribution >= 4 is 87.0 Å². The van der Waals surface area contributed by atoms with Gasteiger partial charge < -0.3 is 0 Å². The van der Waals surface area contributed by atoms with E-state index in [0.29, 0.717) is 0 Å². The van der Waals surface area contributed by atoms with Crippen molar-refractivity contribution in [3.05, 3.63) is 455 Å². The van der Waals surface area contributed by atoms with Gasteiger partial charge in [-0.15, -0.1) is 0 Å². The largest absolute Gasteiger partial charge is 0.256 e. The van der Waals surface area contributed by atoms with Gasteiger partial charge in [-0.1, -0.05) is 309 Å². The number of rotatable bonds is 14. The molecule has 9 heteroatoms. The van der Waals surface area contributed by atoms with Crippen LogP contribution in [0.15, 0.2) is 455 Å². The molecule has 0 bridgehead atoms. The zero-order chi connectivity index (χ0) is 84.8. The van der Waals surface area contributed by atoms with E-state index in [-0.39, 0.29) is 0 Å². The highest BCUT2D eigenvalue weighted by molar-refractivity contribution is 6.18. The van der Waals surface area contributed by atoms with Gasteiger partial charge in [-0.2, -0.15) is 0 Å². The molecule has 0 aliphatic carbocycles. The first kappa shape index (κ1) is 75.7. The summed E-state index contributed by atoms with van der Waals surface area (Å²) in [6, 6.07) is 151. The first-order valence-corrected chi connectivity index (χ1v) is 43.1. The average molecular weight is 1630 g/mol. The highest BCUT2D eigenvalue weighted by atomic mass is 14.8. The molecular formula is C119H75N9. The Bertz CT molecular complexity index is 8150. The maximum atomic E-state index is 5.37. The molecule has 0 atom stereocenters. The van der Waals surface area contributed by atoms with Crippen molar-refractivity contribution in [2.75, 3.05) is 0 Å². The van der Waals surface area contributed by atoms with Crippen LogP contribution in [-0.2, 0) is 0 Å². The van der Waals surface area contributed by atoms with Crippen molar-refractivity contribution in [2.45, 2.75) is 0 Å². The summed E-state index contributed by atoms with van der Waals surface area (Å²) in [6.07, 6.45) is 7.56. The van der Waals surface area contributed by atoms with Gasteiger partial charge in [0.2, 0.25) is 0 Å². The summed E-state index contributed by atoms with van der Waals surface area (Å²) in [5.41, 5.74) is 34.7. The fourth-order valence-electron chi connectivity index (χ4n) is 17.9. The molecule has 0 unspecified atom stereocenters. The molecule has 0 N–H and O–H groups in total. The summed E-state index contributed by atoms with van der Waals surface area (Å²) < 4.78 is 0. The summed E-state index contributed by atoms with van der Waals surface area (Å²) >= 11 is 0. The summed E-state index contributed by atoms with van der Waals surface area (Å²) in [4.78, 5) is 45.5. The van der Waals surface area contributed by atoms with Crippen LogP contribution in [0.1, 0.15) is 0 Å². The highest BCUT2D eigenvalue weighted by Gasteiger charge is 2.21. The normalized spacial score (nSPS) is 11.4. The fourth-order valence-corrected chi connectivity index (χ4v) is 17.9. The van der Waals surface area contributed by atoms with Gasteiger partial charge >= 0.3 is 0 Å². The van der Waals surface area contributed by atoms with Crippen LogP contribution in [0, 0.1) is 0 Å². The third-order valence-corrected chi connectivity index (χ3v) is 24.4. The monoisotopic (exact) mass is 1630 g/mol. The number of hydrogen-bond donors (Lipinski definition) is 0. The van der Waals surface area contributed by atoms with Gasteiger partial charge in [-0.05, 0) is 199 Å². The van der Waals surface area contributed by atoms with Gasteiger partial charge in [0.25, 0.3) is 0 Å². The zero-order valence-electron chi connectivity index (χ0n) is 69.3. The fraction of sp³-hybridized carbons (Fsp3) is 0. The molecule has 0 fully saturated rings. The molecule has 0 radical (unpaired) electrons. The van der Waals surface area contributed by atoms with Crippen LogP contribution in [0.25, 0.3) is 244 Å². The summed E-state index contributed by atoms with van der Waals surface area (Å²) in [7, 11) is 0. The molecule has 24 aromatic rings. The number of pyridine rings is 9. The third kappa shape index (κ3) is 14.7. The maximum absolute atomic E-state index is 5.37. The summed E-state index contributed by atoms with van der Waals surface area (Å²) in [5, 5.41) is 11.2. The zero-order valence-corrected chi connectivity index (χ0v) is 69.3. The lowest BCUT2D eigenvalue weighted by Gasteiger charge is -2.14. The molecule has 0 aliphatic rings. The van der Waals surface area contributed by atoms with Crippen molar-refractivity contribution in [3.8, 4) is 157 Å². The van der Waals surface area contributed by atoms with E-state index in [1.54, 1.807) is 0 Å². The van der Waals surface area contributed by atoms with Gasteiger partial charge in [-0.3, -0.25) is 19.9 Å². The molecule has 9 heterocycles. The molecule has 596 valence electrons. The predicted molar refractivity (Wildman–Crippen MR) is 529 cm³/mol. The molecule has 0 saturated carbocycles. The van der Waals surface area contributed by atoms with Crippen LogP contribution < -0.4 is 0 Å². The van der Waals surface area contributed by atoms with Crippen molar-refractivity contribution in [3.63, 3.8) is 0 Å². The van der Waals surface area contributed by atoms with E-state index in [1.807, 2.05) is 73.3 Å². The molecule has 0 spiro atoms. The van der Waals surface area contributed by atoms with Gasteiger partial charge in [-0.25, -0.2) is 24.9 Å². The minimum absolute atomic E-state index is 0.813. The average Bonchev–Trinajstić information content (AvgIpc) is 0.744. The standard InChI is InChI=1S/C63H39N5.C56H36N4/c1-3-11-40(12-4-1)49-28-31-58(65-39-49)60-38-52(37-59(66-60)42-20-18-41(19-21-42)55-16-9-10-32-64-55)47-23-22-45-34-51-36-48(25-24-46(51)33-50(45)35-47)56-30-27-44-26-29-54-61(43-13-5-2-6-14-43)53-15-7-8-17-57(53)68-63(54)62(44)67-56;1-3-12-37(13-4-1)44-27-29-51(58-36-44)47-34-45(38-21-23-39(24-22-38)50-19-9-10-31-57-50)33-46(35-47)42-16-11-17-43(32-42)52-30-26-41-25-28-49-54(40-14-5-2-6-15-40)48-18-7-8-20-53(48)60-56(49)55(41)59-52/h1-39H;1-36H. The molecule has 24 rings (SSSR count). The van der Waals surface area contributed by atoms with E-state index in [4.69, 9.17) is 34.9 Å². The molecule has 9 nitrogen and oxygen atoms in total. The lowest BCUT2D eigenvalue weighted by Crippen LogP contribution is -1.94. The van der Waals surface area contributed by atoms with Crippen LogP contribution >= 0.6 is 0 Å². The Kier molecular flexibility index (Phi) is 19.4. The van der Waals surface area contributed by atoms with Gasteiger partial charge in [0.1, 0.15) is 0 Å². The first-order valence-electron chi connectivity index (χ1n) is 43.1. The van der Waals surface area contributed by atoms with Crippen molar-refractivity contribution in [1.82, 2.24) is 44.9 Å². The molecule has 15 aromatic carbocycles. The van der Waals surface area contributed by atoms with E-state index in [9.17, 15) is 0 Å². The topological polar surface area (TPSA) is 116 Å². The molecule has 128 heavy (non-hydrogen) atoms. The van der Waals surface area contributed by atoms with Crippen LogP contribution in [0.5, 0.6) is 0 Å². The second-order valence-corrected chi connectivity index (χ2v) is 32.4. The van der Waals surface area contributed by atoms with Crippen molar-refractivity contribution in [2.24, 2.45) is 0 Å². The summed E-state index contributed by atoms with van der Waals surface area (Å²) in [6.45, 7) is 0. The third-order valence-electron chi connectivity index (χ3n) is 24.4. The highest BCUT2D eigenvalue weighted by Crippen LogP contribution is 2.44. The second-order valence-electron chi connectivity index (χ2n) is 32.4. The van der Waals surface area contributed by atoms with E-state index in [2.05, 4.69) is 392 Å². The first-order chi connectivity index (χ1) is 63.4. The SMILES string of the molecule is c1ccc(-c2ccc(-c3cc(-c4ccc(-c5ccccn5)cc4)cc(-c4cccc(-c5ccc6ccc7c(-c8ccccc8)c8ccccc8nc7c6n5)c4)c3)nc2)cc1.c1ccc(-c2ccc(-c3cc(-c4ccc5cc6cc(-c7ccc8ccc9c(-c%10ccccc%10)c%10ccccc%10nc9c8n7)ccc6cc5c4)cc(-c4ccc(-c5ccccn5)cc4)n3)nc2)cc1. The van der Waals surface area contributed by atoms with E-state index in [0.717, 1.165) is 227 Å². The van der Waals surface area contributed by atoms with Gasteiger partial charge in [0, 0.05) is 113 Å². The van der Waals surface area contributed by atoms with Crippen LogP contribution in [0.4, 0.5) is 0 Å².